The van der Waals surface area contributed by atoms with Crippen LogP contribution in [-0.4, -0.2) is 12.0 Å². The molecule has 0 saturated heterocycles. The summed E-state index contributed by atoms with van der Waals surface area (Å²) in [5.74, 6) is -1.06. The standard InChI is InChI=1S/C16H18F2N2/c1-10-6-13(7-11(2)20-10)16(19-3)8-12-4-5-14(17)9-15(12)18/h4-7,9,16,19H,8H2,1-3H3. The molecule has 0 bridgehead atoms. The maximum Gasteiger partial charge on any atom is 0.129 e. The lowest BCUT2D eigenvalue weighted by Gasteiger charge is -2.18. The van der Waals surface area contributed by atoms with Gasteiger partial charge in [0.2, 0.25) is 0 Å². The molecule has 2 rings (SSSR count). The van der Waals surface area contributed by atoms with Gasteiger partial charge in [-0.1, -0.05) is 6.07 Å². The quantitative estimate of drug-likeness (QED) is 0.924. The Morgan fingerprint density at radius 2 is 1.75 bits per heavy atom. The summed E-state index contributed by atoms with van der Waals surface area (Å²) < 4.78 is 26.7. The number of nitrogens with one attached hydrogen (secondary N) is 1. The van der Waals surface area contributed by atoms with Crippen LogP contribution in [0.3, 0.4) is 0 Å². The zero-order valence-electron chi connectivity index (χ0n) is 11.9. The molecule has 1 aromatic heterocycles. The molecule has 1 aromatic carbocycles. The van der Waals surface area contributed by atoms with Crippen LogP contribution in [0.1, 0.15) is 28.6 Å². The van der Waals surface area contributed by atoms with Crippen molar-refractivity contribution in [3.8, 4) is 0 Å². The van der Waals surface area contributed by atoms with Crippen molar-refractivity contribution < 1.29 is 8.78 Å². The van der Waals surface area contributed by atoms with Crippen LogP contribution >= 0.6 is 0 Å². The van der Waals surface area contributed by atoms with Crippen molar-refractivity contribution in [1.29, 1.82) is 0 Å². The molecule has 1 unspecified atom stereocenters. The molecule has 0 saturated carbocycles. The average molecular weight is 276 g/mol. The lowest BCUT2D eigenvalue weighted by molar-refractivity contribution is 0.540. The van der Waals surface area contributed by atoms with E-state index in [4.69, 9.17) is 0 Å². The van der Waals surface area contributed by atoms with E-state index >= 15 is 0 Å². The van der Waals surface area contributed by atoms with E-state index in [1.54, 1.807) is 0 Å². The van der Waals surface area contributed by atoms with E-state index in [9.17, 15) is 8.78 Å². The summed E-state index contributed by atoms with van der Waals surface area (Å²) >= 11 is 0. The first-order chi connectivity index (χ1) is 9.49. The number of benzene rings is 1. The number of hydrogen-bond acceptors (Lipinski definition) is 2. The minimum Gasteiger partial charge on any atom is -0.313 e. The summed E-state index contributed by atoms with van der Waals surface area (Å²) in [5.41, 5.74) is 3.42. The van der Waals surface area contributed by atoms with Gasteiger partial charge in [0.05, 0.1) is 0 Å². The van der Waals surface area contributed by atoms with Crippen LogP contribution in [0.4, 0.5) is 8.78 Å². The summed E-state index contributed by atoms with van der Waals surface area (Å²) in [6.07, 6.45) is 0.464. The van der Waals surface area contributed by atoms with E-state index in [0.29, 0.717) is 12.0 Å². The molecule has 2 aromatic rings. The Balaban J connectivity index is 2.28. The van der Waals surface area contributed by atoms with Crippen LogP contribution in [0.15, 0.2) is 30.3 Å². The SMILES string of the molecule is CNC(Cc1ccc(F)cc1F)c1cc(C)nc(C)c1. The number of likely N-dealkylation sites (N-methyl/N-ethyl adjacent to an activating group) is 1. The minimum atomic E-state index is -0.553. The molecule has 106 valence electrons. The van der Waals surface area contributed by atoms with Crippen LogP contribution < -0.4 is 5.32 Å². The first-order valence-corrected chi connectivity index (χ1v) is 6.56. The van der Waals surface area contributed by atoms with E-state index in [2.05, 4.69) is 10.3 Å². The number of nitrogens with zero attached hydrogens (tertiary/aromatic N) is 1. The van der Waals surface area contributed by atoms with Crippen molar-refractivity contribution in [2.45, 2.75) is 26.3 Å². The van der Waals surface area contributed by atoms with Gasteiger partial charge in [-0.15, -0.1) is 0 Å². The Hall–Kier alpha value is -1.81. The van der Waals surface area contributed by atoms with Crippen molar-refractivity contribution in [1.82, 2.24) is 10.3 Å². The monoisotopic (exact) mass is 276 g/mol. The normalized spacial score (nSPS) is 12.4. The Labute approximate surface area is 117 Å². The number of aromatic nitrogens is 1. The second kappa shape index (κ2) is 6.09. The third kappa shape index (κ3) is 3.39. The van der Waals surface area contributed by atoms with Crippen LogP contribution in [-0.2, 0) is 6.42 Å². The summed E-state index contributed by atoms with van der Waals surface area (Å²) in [6, 6.07) is 7.63. The van der Waals surface area contributed by atoms with Gasteiger partial charge in [0, 0.05) is 23.5 Å². The lowest BCUT2D eigenvalue weighted by Crippen LogP contribution is -2.20. The van der Waals surface area contributed by atoms with Crippen LogP contribution in [0, 0.1) is 25.5 Å². The molecular formula is C16H18F2N2. The fraction of sp³-hybridized carbons (Fsp3) is 0.312. The fourth-order valence-corrected chi connectivity index (χ4v) is 2.36. The van der Waals surface area contributed by atoms with Crippen molar-refractivity contribution >= 4 is 0 Å². The molecule has 0 amide bonds. The van der Waals surface area contributed by atoms with Crippen molar-refractivity contribution in [2.24, 2.45) is 0 Å². The van der Waals surface area contributed by atoms with E-state index in [1.165, 1.54) is 12.1 Å². The Bertz CT molecular complexity index is 591. The van der Waals surface area contributed by atoms with Gasteiger partial charge in [-0.05, 0) is 56.6 Å². The van der Waals surface area contributed by atoms with Crippen LogP contribution in [0.5, 0.6) is 0 Å². The van der Waals surface area contributed by atoms with Gasteiger partial charge in [-0.25, -0.2) is 8.78 Å². The summed E-state index contributed by atoms with van der Waals surface area (Å²) in [7, 11) is 1.83. The highest BCUT2D eigenvalue weighted by molar-refractivity contribution is 5.27. The van der Waals surface area contributed by atoms with Gasteiger partial charge in [0.15, 0.2) is 0 Å². The molecule has 0 aliphatic rings. The summed E-state index contributed by atoms with van der Waals surface area (Å²) in [6.45, 7) is 3.86. The molecule has 0 fully saturated rings. The predicted molar refractivity (Wildman–Crippen MR) is 75.6 cm³/mol. The smallest absolute Gasteiger partial charge is 0.129 e. The van der Waals surface area contributed by atoms with Crippen molar-refractivity contribution in [3.63, 3.8) is 0 Å². The molecule has 2 nitrogen and oxygen atoms in total. The number of halogens is 2. The Morgan fingerprint density at radius 1 is 1.10 bits per heavy atom. The molecular weight excluding hydrogens is 258 g/mol. The molecule has 0 radical (unpaired) electrons. The van der Waals surface area contributed by atoms with Gasteiger partial charge in [-0.3, -0.25) is 4.98 Å². The van der Waals surface area contributed by atoms with Gasteiger partial charge >= 0.3 is 0 Å². The summed E-state index contributed by atoms with van der Waals surface area (Å²) in [5, 5.41) is 3.17. The van der Waals surface area contributed by atoms with Gasteiger partial charge in [0.1, 0.15) is 11.6 Å². The van der Waals surface area contributed by atoms with Crippen molar-refractivity contribution in [3.05, 3.63) is 64.5 Å². The molecule has 4 heteroatoms. The Kier molecular flexibility index (Phi) is 4.45. The van der Waals surface area contributed by atoms with Crippen LogP contribution in [0.25, 0.3) is 0 Å². The molecule has 1 atom stereocenters. The highest BCUT2D eigenvalue weighted by atomic mass is 19.1. The molecule has 1 N–H and O–H groups in total. The van der Waals surface area contributed by atoms with Gasteiger partial charge < -0.3 is 5.32 Å². The first-order valence-electron chi connectivity index (χ1n) is 6.56. The molecule has 0 aliphatic heterocycles. The lowest BCUT2D eigenvalue weighted by atomic mass is 9.98. The zero-order chi connectivity index (χ0) is 14.7. The number of pyridine rings is 1. The second-order valence-electron chi connectivity index (χ2n) is 4.96. The predicted octanol–water partition coefficient (Wildman–Crippen LogP) is 3.48. The maximum atomic E-state index is 13.7. The van der Waals surface area contributed by atoms with Gasteiger partial charge in [0.25, 0.3) is 0 Å². The van der Waals surface area contributed by atoms with Crippen LogP contribution in [0.2, 0.25) is 0 Å². The number of hydrogen-bond donors (Lipinski definition) is 1. The second-order valence-corrected chi connectivity index (χ2v) is 4.96. The third-order valence-corrected chi connectivity index (χ3v) is 3.29. The summed E-state index contributed by atoms with van der Waals surface area (Å²) in [4.78, 5) is 4.34. The minimum absolute atomic E-state index is 0.0321. The molecule has 0 spiro atoms. The molecule has 0 aliphatic carbocycles. The first kappa shape index (κ1) is 14.6. The third-order valence-electron chi connectivity index (χ3n) is 3.29. The fourth-order valence-electron chi connectivity index (χ4n) is 2.36. The number of aryl methyl sites for hydroxylation is 2. The average Bonchev–Trinajstić information content (AvgIpc) is 2.36. The van der Waals surface area contributed by atoms with E-state index in [0.717, 1.165) is 23.0 Å². The van der Waals surface area contributed by atoms with Gasteiger partial charge in [-0.2, -0.15) is 0 Å². The highest BCUT2D eigenvalue weighted by Gasteiger charge is 2.14. The number of rotatable bonds is 4. The topological polar surface area (TPSA) is 24.9 Å². The maximum absolute atomic E-state index is 13.7. The van der Waals surface area contributed by atoms with E-state index in [1.807, 2.05) is 33.0 Å². The van der Waals surface area contributed by atoms with E-state index < -0.39 is 11.6 Å². The largest absolute Gasteiger partial charge is 0.313 e. The molecule has 20 heavy (non-hydrogen) atoms. The van der Waals surface area contributed by atoms with E-state index in [-0.39, 0.29) is 6.04 Å². The zero-order valence-corrected chi connectivity index (χ0v) is 11.9. The molecule has 1 heterocycles. The van der Waals surface area contributed by atoms with Crippen molar-refractivity contribution in [2.75, 3.05) is 7.05 Å². The Morgan fingerprint density at radius 3 is 2.30 bits per heavy atom. The highest BCUT2D eigenvalue weighted by Crippen LogP contribution is 2.21.